The summed E-state index contributed by atoms with van der Waals surface area (Å²) in [5, 5.41) is 13.3. The van der Waals surface area contributed by atoms with E-state index in [0.717, 1.165) is 52.1 Å². The van der Waals surface area contributed by atoms with Crippen molar-refractivity contribution in [2.75, 3.05) is 51.2 Å². The van der Waals surface area contributed by atoms with E-state index in [1.807, 2.05) is 9.91 Å². The summed E-state index contributed by atoms with van der Waals surface area (Å²) in [5.41, 5.74) is 3.80. The number of nitro benzene ring substituents is 1. The van der Waals surface area contributed by atoms with Crippen molar-refractivity contribution in [3.05, 3.63) is 33.9 Å². The van der Waals surface area contributed by atoms with Crippen LogP contribution in [0.2, 0.25) is 0 Å². The van der Waals surface area contributed by atoms with Crippen LogP contribution in [0.1, 0.15) is 23.2 Å². The maximum atomic E-state index is 12.4. The number of nitro groups is 1. The van der Waals surface area contributed by atoms with Crippen molar-refractivity contribution in [3.63, 3.8) is 0 Å². The fraction of sp³-hybridized carbons (Fsp3) is 0.562. The molecule has 24 heavy (non-hydrogen) atoms. The molecule has 2 aliphatic heterocycles. The van der Waals surface area contributed by atoms with Crippen LogP contribution >= 0.6 is 0 Å². The third-order valence-electron chi connectivity index (χ3n) is 4.76. The summed E-state index contributed by atoms with van der Waals surface area (Å²) in [7, 11) is 2.12. The minimum absolute atomic E-state index is 0.00683. The van der Waals surface area contributed by atoms with Gasteiger partial charge in [-0.15, -0.1) is 0 Å². The van der Waals surface area contributed by atoms with Crippen molar-refractivity contribution in [3.8, 4) is 0 Å². The second-order valence-corrected chi connectivity index (χ2v) is 6.54. The highest BCUT2D eigenvalue weighted by Gasteiger charge is 2.25. The van der Waals surface area contributed by atoms with Gasteiger partial charge in [0.1, 0.15) is 5.69 Å². The van der Waals surface area contributed by atoms with Gasteiger partial charge in [0.25, 0.3) is 11.6 Å². The predicted octanol–water partition coefficient (Wildman–Crippen LogP) is -0.330. The smallest absolute Gasteiger partial charge is 0.293 e. The number of quaternary nitrogens is 1. The van der Waals surface area contributed by atoms with Crippen LogP contribution in [-0.4, -0.2) is 62.2 Å². The zero-order valence-electron chi connectivity index (χ0n) is 14.0. The molecule has 2 aliphatic rings. The second-order valence-electron chi connectivity index (χ2n) is 6.54. The Bertz CT molecular complexity index is 622. The minimum Gasteiger partial charge on any atom is -0.366 e. The molecule has 8 nitrogen and oxygen atoms in total. The molecule has 1 amide bonds. The van der Waals surface area contributed by atoms with E-state index >= 15 is 0 Å². The fourth-order valence-corrected chi connectivity index (χ4v) is 3.24. The number of piperazine rings is 1. The van der Waals surface area contributed by atoms with E-state index in [1.54, 1.807) is 12.1 Å². The van der Waals surface area contributed by atoms with Crippen LogP contribution in [0.4, 0.5) is 11.4 Å². The Morgan fingerprint density at radius 2 is 1.88 bits per heavy atom. The molecule has 0 aliphatic carbocycles. The van der Waals surface area contributed by atoms with Gasteiger partial charge in [0.05, 0.1) is 38.2 Å². The summed E-state index contributed by atoms with van der Waals surface area (Å²) < 4.78 is 0. The van der Waals surface area contributed by atoms with Crippen LogP contribution in [-0.2, 0) is 0 Å². The number of benzene rings is 1. The van der Waals surface area contributed by atoms with E-state index in [1.165, 1.54) is 11.0 Å². The lowest BCUT2D eigenvalue weighted by molar-refractivity contribution is -0.884. The number of hydrogen-bond donors (Lipinski definition) is 2. The van der Waals surface area contributed by atoms with Gasteiger partial charge in [0, 0.05) is 24.7 Å². The Morgan fingerprint density at radius 3 is 2.50 bits per heavy atom. The quantitative estimate of drug-likeness (QED) is 0.582. The summed E-state index contributed by atoms with van der Waals surface area (Å²) in [6.45, 7) is 5.16. The van der Waals surface area contributed by atoms with Gasteiger partial charge in [0.2, 0.25) is 0 Å². The zero-order chi connectivity index (χ0) is 17.1. The molecule has 0 saturated carbocycles. The van der Waals surface area contributed by atoms with E-state index in [-0.39, 0.29) is 11.6 Å². The first-order valence-electron chi connectivity index (χ1n) is 8.45. The number of carbonyl (C=O) groups excluding carboxylic acids is 1. The lowest BCUT2D eigenvalue weighted by Crippen LogP contribution is -3.12. The van der Waals surface area contributed by atoms with Gasteiger partial charge in [-0.05, 0) is 25.0 Å². The Hall–Kier alpha value is -2.19. The first kappa shape index (κ1) is 16.7. The SMILES string of the molecule is C[NH+]1CCN(NC(=O)c2ccc(N3CCCC3)c([N+](=O)[O-])c2)CC1. The molecule has 2 saturated heterocycles. The molecule has 1 aromatic rings. The summed E-state index contributed by atoms with van der Waals surface area (Å²) in [5.74, 6) is -0.286. The predicted molar refractivity (Wildman–Crippen MR) is 90.2 cm³/mol. The van der Waals surface area contributed by atoms with Crippen molar-refractivity contribution in [1.82, 2.24) is 10.4 Å². The van der Waals surface area contributed by atoms with Gasteiger partial charge in [-0.25, -0.2) is 5.01 Å². The van der Waals surface area contributed by atoms with Gasteiger partial charge < -0.3 is 9.80 Å². The molecular weight excluding hydrogens is 310 g/mol. The molecule has 0 bridgehead atoms. The molecule has 130 valence electrons. The zero-order valence-corrected chi connectivity index (χ0v) is 14.0. The van der Waals surface area contributed by atoms with Crippen molar-refractivity contribution < 1.29 is 14.6 Å². The molecule has 2 fully saturated rings. The molecule has 1 aromatic carbocycles. The van der Waals surface area contributed by atoms with Gasteiger partial charge in [-0.2, -0.15) is 0 Å². The molecule has 3 rings (SSSR count). The standard InChI is InChI=1S/C16H23N5O3/c1-18-8-10-20(11-9-18)17-16(22)13-4-5-14(15(12-13)21(23)24)19-6-2-3-7-19/h4-5,12H,2-3,6-11H2,1H3,(H,17,22)/p+1. The first-order chi connectivity index (χ1) is 11.5. The van der Waals surface area contributed by atoms with E-state index in [2.05, 4.69) is 12.5 Å². The molecule has 0 atom stereocenters. The summed E-state index contributed by atoms with van der Waals surface area (Å²) in [6.07, 6.45) is 2.09. The lowest BCUT2D eigenvalue weighted by Gasteiger charge is -2.30. The van der Waals surface area contributed by atoms with Crippen LogP contribution in [0.15, 0.2) is 18.2 Å². The highest BCUT2D eigenvalue weighted by Crippen LogP contribution is 2.31. The van der Waals surface area contributed by atoms with Gasteiger partial charge in [-0.1, -0.05) is 0 Å². The van der Waals surface area contributed by atoms with Gasteiger partial charge in [0.15, 0.2) is 0 Å². The normalized spacial score (nSPS) is 19.5. The highest BCUT2D eigenvalue weighted by atomic mass is 16.6. The van der Waals surface area contributed by atoms with E-state index in [0.29, 0.717) is 11.3 Å². The maximum Gasteiger partial charge on any atom is 0.293 e. The highest BCUT2D eigenvalue weighted by molar-refractivity contribution is 5.95. The van der Waals surface area contributed by atoms with Crippen LogP contribution < -0.4 is 15.2 Å². The molecule has 2 N–H and O–H groups in total. The van der Waals surface area contributed by atoms with Gasteiger partial charge >= 0.3 is 0 Å². The van der Waals surface area contributed by atoms with Gasteiger partial charge in [-0.3, -0.25) is 20.3 Å². The Morgan fingerprint density at radius 1 is 1.21 bits per heavy atom. The average Bonchev–Trinajstić information content (AvgIpc) is 3.10. The first-order valence-corrected chi connectivity index (χ1v) is 8.45. The number of nitrogens with one attached hydrogen (secondary N) is 2. The number of hydrazine groups is 1. The number of likely N-dealkylation sites (N-methyl/N-ethyl adjacent to an activating group) is 1. The molecular formula is C16H24N5O3+. The number of rotatable bonds is 4. The average molecular weight is 334 g/mol. The van der Waals surface area contributed by atoms with Crippen LogP contribution in [0, 0.1) is 10.1 Å². The summed E-state index contributed by atoms with van der Waals surface area (Å²) in [4.78, 5) is 26.9. The second kappa shape index (κ2) is 7.14. The fourth-order valence-electron chi connectivity index (χ4n) is 3.24. The van der Waals surface area contributed by atoms with Crippen LogP contribution in [0.25, 0.3) is 0 Å². The number of amides is 1. The van der Waals surface area contributed by atoms with Crippen LogP contribution in [0.5, 0.6) is 0 Å². The summed E-state index contributed by atoms with van der Waals surface area (Å²) in [6, 6.07) is 4.77. The largest absolute Gasteiger partial charge is 0.366 e. The van der Waals surface area contributed by atoms with Crippen LogP contribution in [0.3, 0.4) is 0 Å². The molecule has 0 radical (unpaired) electrons. The van der Waals surface area contributed by atoms with E-state index < -0.39 is 4.92 Å². The number of carbonyl (C=O) groups is 1. The molecule has 0 spiro atoms. The Labute approximate surface area is 141 Å². The van der Waals surface area contributed by atoms with Crippen molar-refractivity contribution in [2.24, 2.45) is 0 Å². The van der Waals surface area contributed by atoms with E-state index in [9.17, 15) is 14.9 Å². The number of hydrogen-bond acceptors (Lipinski definition) is 5. The summed E-state index contributed by atoms with van der Waals surface area (Å²) >= 11 is 0. The number of nitrogens with zero attached hydrogens (tertiary/aromatic N) is 3. The van der Waals surface area contributed by atoms with Crippen molar-refractivity contribution in [1.29, 1.82) is 0 Å². The monoisotopic (exact) mass is 334 g/mol. The molecule has 0 unspecified atom stereocenters. The molecule has 8 heteroatoms. The number of anilines is 1. The topological polar surface area (TPSA) is 83.2 Å². The van der Waals surface area contributed by atoms with E-state index in [4.69, 9.17) is 0 Å². The third-order valence-corrected chi connectivity index (χ3v) is 4.76. The maximum absolute atomic E-state index is 12.4. The Kier molecular flexibility index (Phi) is 4.96. The lowest BCUT2D eigenvalue weighted by atomic mass is 10.1. The Balaban J connectivity index is 1.74. The minimum atomic E-state index is -0.399. The molecule has 0 aromatic heterocycles. The molecule has 2 heterocycles. The van der Waals surface area contributed by atoms with Crippen molar-refractivity contribution >= 4 is 17.3 Å². The van der Waals surface area contributed by atoms with Crippen molar-refractivity contribution in [2.45, 2.75) is 12.8 Å². The third kappa shape index (κ3) is 3.65.